The molecular weight excluding hydrogens is 600 g/mol. The molecule has 2 aromatic carbocycles. The molecule has 4 atom stereocenters. The minimum atomic E-state index is -2.95. The van der Waals surface area contributed by atoms with Crippen molar-refractivity contribution in [2.24, 2.45) is 5.92 Å². The van der Waals surface area contributed by atoms with Gasteiger partial charge in [0.1, 0.15) is 6.61 Å². The molecule has 1 aromatic heterocycles. The number of carbonyl (C=O) groups is 2. The molecule has 45 heavy (non-hydrogen) atoms. The fraction of sp³-hybridized carbons (Fsp3) is 0.467. The highest BCUT2D eigenvalue weighted by molar-refractivity contribution is 6.71. The highest BCUT2D eigenvalue weighted by atomic mass is 28.4. The van der Waals surface area contributed by atoms with Crippen molar-refractivity contribution >= 4 is 37.4 Å². The summed E-state index contributed by atoms with van der Waals surface area (Å²) < 4.78 is 13.5. The van der Waals surface area contributed by atoms with Gasteiger partial charge in [-0.15, -0.1) is 5.10 Å². The van der Waals surface area contributed by atoms with Crippen molar-refractivity contribution in [2.75, 3.05) is 29.6 Å². The van der Waals surface area contributed by atoms with Gasteiger partial charge in [-0.05, 0) is 43.3 Å². The second-order valence-electron chi connectivity index (χ2n) is 12.4. The van der Waals surface area contributed by atoms with Crippen LogP contribution in [0.25, 0.3) is 0 Å². The topological polar surface area (TPSA) is 173 Å². The van der Waals surface area contributed by atoms with Gasteiger partial charge in [0.05, 0.1) is 35.5 Å². The first-order chi connectivity index (χ1) is 21.4. The zero-order chi connectivity index (χ0) is 32.1. The van der Waals surface area contributed by atoms with Crippen LogP contribution in [0.4, 0.5) is 21.9 Å². The number of nitro benzene ring substituents is 1. The van der Waals surface area contributed by atoms with Crippen LogP contribution in [0.2, 0.25) is 18.6 Å². The lowest BCUT2D eigenvalue weighted by atomic mass is 9.82. The maximum absolute atomic E-state index is 14.6. The Bertz CT molecular complexity index is 1630. The zero-order valence-corrected chi connectivity index (χ0v) is 26.3. The highest BCUT2D eigenvalue weighted by Crippen LogP contribution is 2.60. The number of nitrogens with zero attached hydrogens (tertiary/aromatic N) is 6. The van der Waals surface area contributed by atoms with Crippen LogP contribution in [-0.2, 0) is 39.4 Å². The zero-order valence-electron chi connectivity index (χ0n) is 25.3. The molecule has 3 aliphatic rings. The highest BCUT2D eigenvalue weighted by Gasteiger charge is 2.66. The van der Waals surface area contributed by atoms with Gasteiger partial charge in [0.2, 0.25) is 0 Å². The maximum atomic E-state index is 14.6. The van der Waals surface area contributed by atoms with Gasteiger partial charge in [-0.25, -0.2) is 4.79 Å². The molecule has 0 radical (unpaired) electrons. The number of aryl methyl sites for hydroxylation is 1. The molecule has 3 aliphatic heterocycles. The van der Waals surface area contributed by atoms with Crippen molar-refractivity contribution in [3.05, 3.63) is 75.6 Å². The largest absolute Gasteiger partial charge is 0.447 e. The summed E-state index contributed by atoms with van der Waals surface area (Å²) in [6.45, 7) is 6.85. The Morgan fingerprint density at radius 1 is 1.18 bits per heavy atom. The molecule has 15 heteroatoms. The van der Waals surface area contributed by atoms with Crippen molar-refractivity contribution in [2.45, 2.75) is 63.2 Å². The number of aliphatic hydroxyl groups is 1. The minimum Gasteiger partial charge on any atom is -0.447 e. The molecule has 2 fully saturated rings. The van der Waals surface area contributed by atoms with Gasteiger partial charge in [-0.1, -0.05) is 24.3 Å². The molecule has 238 valence electrons. The Kier molecular flexibility index (Phi) is 7.97. The predicted molar refractivity (Wildman–Crippen MR) is 164 cm³/mol. The second-order valence-corrected chi connectivity index (χ2v) is 16.4. The third-order valence-electron chi connectivity index (χ3n) is 9.12. The van der Waals surface area contributed by atoms with Crippen molar-refractivity contribution in [1.82, 2.24) is 15.0 Å². The molecule has 0 saturated carbocycles. The average molecular weight is 637 g/mol. The van der Waals surface area contributed by atoms with E-state index in [1.54, 1.807) is 34.0 Å². The van der Waals surface area contributed by atoms with E-state index in [0.717, 1.165) is 5.56 Å². The number of aliphatic hydroxyl groups excluding tert-OH is 1. The second kappa shape index (κ2) is 11.6. The fourth-order valence-electron chi connectivity index (χ4n) is 7.13. The van der Waals surface area contributed by atoms with E-state index in [2.05, 4.69) is 10.3 Å². The first-order valence-corrected chi connectivity index (χ1v) is 18.0. The van der Waals surface area contributed by atoms with Crippen LogP contribution in [0.1, 0.15) is 30.2 Å². The van der Waals surface area contributed by atoms with Crippen LogP contribution in [0, 0.1) is 16.0 Å². The average Bonchev–Trinajstić information content (AvgIpc) is 3.75. The standard InChI is InChI=1S/C30H36N6O8Si/c1-19-27(45(2,3)42)26(10-12-33-18-21(11-14-37)31-32-33)44-30(19)24-16-23(36(40)41)8-9-25(24)35(28(30)38)17-20-4-6-22(7-5-20)34-13-15-43-29(34)39/h4-9,16,18-19,26-27,37,42H,10-15,17H2,1-3H3/t19-,26+,27-,30+/m0/s1. The van der Waals surface area contributed by atoms with E-state index in [9.17, 15) is 29.6 Å². The number of anilines is 2. The summed E-state index contributed by atoms with van der Waals surface area (Å²) in [7, 11) is -2.95. The van der Waals surface area contributed by atoms with Crippen molar-refractivity contribution < 1.29 is 33.9 Å². The summed E-state index contributed by atoms with van der Waals surface area (Å²) in [5.41, 5.74) is 1.02. The summed E-state index contributed by atoms with van der Waals surface area (Å²) in [5, 5.41) is 29.3. The van der Waals surface area contributed by atoms with Crippen molar-refractivity contribution in [3.63, 3.8) is 0 Å². The first-order valence-electron chi connectivity index (χ1n) is 15.0. The van der Waals surface area contributed by atoms with Gasteiger partial charge in [-0.2, -0.15) is 0 Å². The molecule has 0 aliphatic carbocycles. The number of hydrogen-bond donors (Lipinski definition) is 2. The number of aromatic nitrogens is 3. The number of ether oxygens (including phenoxy) is 2. The number of hydrogen-bond acceptors (Lipinski definition) is 10. The SMILES string of the molecule is C[C@H]1[C@H]([Si](C)(C)O)[C@@H](CCn2cc(CCO)nn2)O[C@]12C(=O)N(Cc1ccc(N3CCOC3=O)cc1)c1ccc([N+](=O)[O-])cc12. The predicted octanol–water partition coefficient (Wildman–Crippen LogP) is 3.11. The number of amides is 2. The third-order valence-corrected chi connectivity index (χ3v) is 11.6. The molecule has 0 unspecified atom stereocenters. The van der Waals surface area contributed by atoms with Gasteiger partial charge in [0.15, 0.2) is 13.9 Å². The van der Waals surface area contributed by atoms with Gasteiger partial charge >= 0.3 is 6.09 Å². The van der Waals surface area contributed by atoms with Gasteiger partial charge in [-0.3, -0.25) is 24.5 Å². The fourth-order valence-corrected chi connectivity index (χ4v) is 9.74. The molecule has 14 nitrogen and oxygen atoms in total. The Balaban J connectivity index is 1.34. The first kappa shape index (κ1) is 30.8. The summed E-state index contributed by atoms with van der Waals surface area (Å²) >= 11 is 0. The number of rotatable bonds is 10. The molecule has 2 saturated heterocycles. The van der Waals surface area contributed by atoms with Crippen molar-refractivity contribution in [3.8, 4) is 0 Å². The molecular formula is C30H36N6O8Si. The Morgan fingerprint density at radius 2 is 1.93 bits per heavy atom. The van der Waals surface area contributed by atoms with E-state index in [1.165, 1.54) is 17.0 Å². The molecule has 2 N–H and O–H groups in total. The quantitative estimate of drug-likeness (QED) is 0.191. The summed E-state index contributed by atoms with van der Waals surface area (Å²) in [6.07, 6.45) is 1.61. The molecule has 6 rings (SSSR count). The van der Waals surface area contributed by atoms with Gasteiger partial charge in [0.25, 0.3) is 11.6 Å². The van der Waals surface area contributed by atoms with Crippen LogP contribution in [0.15, 0.2) is 48.7 Å². The molecule has 4 heterocycles. The molecule has 1 spiro atoms. The molecule has 2 amide bonds. The number of nitro groups is 1. The number of benzene rings is 2. The normalized spacial score (nSPS) is 24.5. The van der Waals surface area contributed by atoms with E-state index >= 15 is 0 Å². The van der Waals surface area contributed by atoms with E-state index in [-0.39, 0.29) is 30.3 Å². The maximum Gasteiger partial charge on any atom is 0.414 e. The van der Waals surface area contributed by atoms with Crippen LogP contribution in [-0.4, -0.2) is 76.0 Å². The van der Waals surface area contributed by atoms with Crippen LogP contribution < -0.4 is 9.80 Å². The lowest BCUT2D eigenvalue weighted by molar-refractivity contribution is -0.385. The lowest BCUT2D eigenvalue weighted by Crippen LogP contribution is -2.46. The van der Waals surface area contributed by atoms with E-state index in [0.29, 0.717) is 55.2 Å². The van der Waals surface area contributed by atoms with Gasteiger partial charge < -0.3 is 24.3 Å². The Hall–Kier alpha value is -4.18. The van der Waals surface area contributed by atoms with Gasteiger partial charge in [0, 0.05) is 60.6 Å². The number of fused-ring (bicyclic) bond motifs is 2. The van der Waals surface area contributed by atoms with E-state index in [1.807, 2.05) is 32.2 Å². The number of non-ortho nitro benzene ring substituents is 1. The third kappa shape index (κ3) is 5.39. The molecule has 0 bridgehead atoms. The Morgan fingerprint density at radius 3 is 2.58 bits per heavy atom. The lowest BCUT2D eigenvalue weighted by Gasteiger charge is -2.32. The smallest absolute Gasteiger partial charge is 0.414 e. The monoisotopic (exact) mass is 636 g/mol. The van der Waals surface area contributed by atoms with Crippen molar-refractivity contribution in [1.29, 1.82) is 0 Å². The van der Waals surface area contributed by atoms with Crippen LogP contribution in [0.5, 0.6) is 0 Å². The molecule has 3 aromatic rings. The van der Waals surface area contributed by atoms with Crippen LogP contribution in [0.3, 0.4) is 0 Å². The summed E-state index contributed by atoms with van der Waals surface area (Å²) in [4.78, 5) is 52.6. The van der Waals surface area contributed by atoms with Crippen LogP contribution >= 0.6 is 0 Å². The summed E-state index contributed by atoms with van der Waals surface area (Å²) in [6, 6.07) is 11.7. The Labute approximate surface area is 260 Å². The number of cyclic esters (lactones) is 1. The minimum absolute atomic E-state index is 0.0434. The van der Waals surface area contributed by atoms with E-state index in [4.69, 9.17) is 9.47 Å². The number of carbonyl (C=O) groups excluding carboxylic acids is 2. The van der Waals surface area contributed by atoms with E-state index < -0.39 is 37.0 Å². The summed E-state index contributed by atoms with van der Waals surface area (Å²) in [5.74, 6) is -0.828.